The molecule has 0 aromatic carbocycles. The van der Waals surface area contributed by atoms with Gasteiger partial charge in [0.25, 0.3) is 5.91 Å². The molecule has 1 aliphatic heterocycles. The molecule has 0 spiro atoms. The van der Waals surface area contributed by atoms with Crippen molar-refractivity contribution in [3.05, 3.63) is 0 Å². The molecule has 0 atom stereocenters. The van der Waals surface area contributed by atoms with Crippen LogP contribution in [0.3, 0.4) is 0 Å². The minimum Gasteiger partial charge on any atom is -0.271 e. The summed E-state index contributed by atoms with van der Waals surface area (Å²) in [6, 6.07) is 0. The Kier molecular flexibility index (Phi) is 5.00. The molecule has 3 nitrogen and oxygen atoms in total. The molecule has 0 aromatic rings. The Balaban J connectivity index is 4.08. The Morgan fingerprint density at radius 2 is 0.964 bits per heavy atom. The van der Waals surface area contributed by atoms with Crippen LogP contribution in [0.4, 0.5) is 65.9 Å². The molecule has 0 unspecified atom stereocenters. The maximum Gasteiger partial charge on any atom is 0.431 e. The highest BCUT2D eigenvalue weighted by atomic mass is 19.4. The van der Waals surface area contributed by atoms with Gasteiger partial charge in [-0.3, -0.25) is 9.69 Å². The number of carbonyl (C=O) groups excluding carboxylic acids is 1. The molecule has 1 aliphatic rings. The fraction of sp³-hybridized carbons (Fsp3) is 0.800. The zero-order valence-electron chi connectivity index (χ0n) is 12.5. The van der Waals surface area contributed by atoms with Gasteiger partial charge < -0.3 is 0 Å². The van der Waals surface area contributed by atoms with E-state index >= 15 is 0 Å². The van der Waals surface area contributed by atoms with Crippen molar-refractivity contribution < 1.29 is 70.7 Å². The first-order valence-electron chi connectivity index (χ1n) is 6.16. The minimum absolute atomic E-state index is 0.463. The van der Waals surface area contributed by atoms with Crippen LogP contribution in [0.2, 0.25) is 0 Å². The van der Waals surface area contributed by atoms with Crippen LogP contribution in [-0.4, -0.2) is 58.6 Å². The number of amides is 1. The normalized spacial score (nSPS) is 19.9. The first-order chi connectivity index (χ1) is 11.9. The number of hydrogen-bond donors (Lipinski definition) is 0. The van der Waals surface area contributed by atoms with Gasteiger partial charge in [0.2, 0.25) is 0 Å². The average Bonchev–Trinajstić information content (AvgIpc) is 2.58. The van der Waals surface area contributed by atoms with E-state index < -0.39 is 65.5 Å². The van der Waals surface area contributed by atoms with Crippen LogP contribution in [0.25, 0.3) is 0 Å². The number of aliphatic imine (C=N–C) groups is 1. The van der Waals surface area contributed by atoms with Crippen LogP contribution in [0.15, 0.2) is 4.99 Å². The molecule has 0 aliphatic carbocycles. The molecule has 0 N–H and O–H groups in total. The summed E-state index contributed by atoms with van der Waals surface area (Å²) in [4.78, 5) is 10.4. The van der Waals surface area contributed by atoms with Gasteiger partial charge >= 0.3 is 42.0 Å². The predicted molar refractivity (Wildman–Crippen MR) is 55.7 cm³/mol. The van der Waals surface area contributed by atoms with E-state index in [0.717, 1.165) is 0 Å². The van der Waals surface area contributed by atoms with Crippen molar-refractivity contribution in [2.75, 3.05) is 0 Å². The smallest absolute Gasteiger partial charge is 0.271 e. The van der Waals surface area contributed by atoms with Crippen molar-refractivity contribution in [2.24, 2.45) is 4.99 Å². The first-order valence-corrected chi connectivity index (χ1v) is 6.16. The van der Waals surface area contributed by atoms with Gasteiger partial charge in [0.1, 0.15) is 5.84 Å². The molecule has 1 heterocycles. The minimum atomic E-state index is -7.64. The maximum absolute atomic E-state index is 13.0. The van der Waals surface area contributed by atoms with Gasteiger partial charge in [0, 0.05) is 0 Å². The molecule has 0 radical (unpaired) electrons. The lowest BCUT2D eigenvalue weighted by molar-refractivity contribution is -0.408. The number of hydrogen-bond acceptors (Lipinski definition) is 2. The monoisotopic (exact) mass is 452 g/mol. The third-order valence-corrected chi connectivity index (χ3v) is 3.55. The second-order valence-electron chi connectivity index (χ2n) is 5.21. The number of rotatable bonds is 1. The van der Waals surface area contributed by atoms with Gasteiger partial charge in [-0.05, 0) is 6.92 Å². The van der Waals surface area contributed by atoms with E-state index in [2.05, 4.69) is 0 Å². The van der Waals surface area contributed by atoms with Crippen LogP contribution < -0.4 is 0 Å². The van der Waals surface area contributed by atoms with Crippen molar-refractivity contribution in [3.8, 4) is 0 Å². The number of alkyl halides is 15. The van der Waals surface area contributed by atoms with Crippen molar-refractivity contribution in [1.29, 1.82) is 0 Å². The zero-order chi connectivity index (χ0) is 22.9. The Hall–Kier alpha value is -1.91. The molecule has 0 saturated heterocycles. The lowest BCUT2D eigenvalue weighted by Gasteiger charge is -2.45. The zero-order valence-corrected chi connectivity index (χ0v) is 12.5. The van der Waals surface area contributed by atoms with E-state index in [4.69, 9.17) is 0 Å². The van der Waals surface area contributed by atoms with Gasteiger partial charge in [-0.1, -0.05) is 0 Å². The van der Waals surface area contributed by atoms with Gasteiger partial charge in [0.15, 0.2) is 0 Å². The Morgan fingerprint density at radius 3 is 1.14 bits per heavy atom. The highest BCUT2D eigenvalue weighted by Gasteiger charge is 2.92. The molecule has 0 saturated carbocycles. The third kappa shape index (κ3) is 2.77. The highest BCUT2D eigenvalue weighted by molar-refractivity contribution is 6.09. The van der Waals surface area contributed by atoms with Crippen molar-refractivity contribution in [3.63, 3.8) is 0 Å². The molecule has 164 valence electrons. The van der Waals surface area contributed by atoms with Crippen LogP contribution in [0, 0.1) is 0 Å². The van der Waals surface area contributed by atoms with E-state index in [0.29, 0.717) is 0 Å². The fourth-order valence-electron chi connectivity index (χ4n) is 2.44. The van der Waals surface area contributed by atoms with Crippen molar-refractivity contribution in [2.45, 2.75) is 48.9 Å². The summed E-state index contributed by atoms with van der Waals surface area (Å²) < 4.78 is 194. The van der Waals surface area contributed by atoms with Gasteiger partial charge in [-0.25, -0.2) is 4.99 Å². The number of nitrogens with zero attached hydrogens (tertiary/aromatic N) is 2. The SMILES string of the molecule is CC1=NC(C(F)(F)F)(C(F)(F)F)C(=O)N1C(C(F)(F)F)(C(F)(F)F)C(F)(F)F. The second-order valence-corrected chi connectivity index (χ2v) is 5.21. The van der Waals surface area contributed by atoms with E-state index in [1.807, 2.05) is 0 Å². The number of amidine groups is 1. The Morgan fingerprint density at radius 1 is 0.679 bits per heavy atom. The summed E-state index contributed by atoms with van der Waals surface area (Å²) in [5.41, 5.74) is -13.7. The fourth-order valence-corrected chi connectivity index (χ4v) is 2.44. The average molecular weight is 452 g/mol. The molecular formula is C10H3F15N2O. The Labute approximate surface area is 142 Å². The van der Waals surface area contributed by atoms with Crippen LogP contribution in [0.5, 0.6) is 0 Å². The van der Waals surface area contributed by atoms with Crippen LogP contribution >= 0.6 is 0 Å². The van der Waals surface area contributed by atoms with E-state index in [-0.39, 0.29) is 0 Å². The molecule has 1 amide bonds. The molecule has 28 heavy (non-hydrogen) atoms. The lowest BCUT2D eigenvalue weighted by Crippen LogP contribution is -2.78. The molecule has 18 heteroatoms. The van der Waals surface area contributed by atoms with Crippen LogP contribution in [-0.2, 0) is 4.79 Å². The topological polar surface area (TPSA) is 32.7 Å². The molecule has 1 rings (SSSR count). The van der Waals surface area contributed by atoms with Gasteiger partial charge in [0.05, 0.1) is 0 Å². The van der Waals surface area contributed by atoms with E-state index in [1.54, 1.807) is 0 Å². The summed E-state index contributed by atoms with van der Waals surface area (Å²) in [5, 5.41) is 0. The summed E-state index contributed by atoms with van der Waals surface area (Å²) in [6.07, 6.45) is -36.9. The third-order valence-electron chi connectivity index (χ3n) is 3.55. The van der Waals surface area contributed by atoms with Crippen LogP contribution in [0.1, 0.15) is 6.92 Å². The van der Waals surface area contributed by atoms with Crippen molar-refractivity contribution >= 4 is 11.7 Å². The molecule has 0 bridgehead atoms. The van der Waals surface area contributed by atoms with Crippen molar-refractivity contribution in [1.82, 2.24) is 4.90 Å². The largest absolute Gasteiger partial charge is 0.431 e. The summed E-state index contributed by atoms with van der Waals surface area (Å²) in [6.45, 7) is -0.463. The second kappa shape index (κ2) is 5.80. The first kappa shape index (κ1) is 24.1. The van der Waals surface area contributed by atoms with E-state index in [9.17, 15) is 70.7 Å². The maximum atomic E-state index is 13.0. The molecule has 0 fully saturated rings. The summed E-state index contributed by atoms with van der Waals surface area (Å²) in [5.74, 6) is -7.00. The quantitative estimate of drug-likeness (QED) is 0.539. The van der Waals surface area contributed by atoms with Gasteiger partial charge in [-0.2, -0.15) is 65.9 Å². The number of halogens is 15. The Bertz CT molecular complexity index is 623. The molecule has 0 aromatic heterocycles. The highest BCUT2D eigenvalue weighted by Crippen LogP contribution is 2.60. The summed E-state index contributed by atoms with van der Waals surface area (Å²) in [7, 11) is 0. The molecular weight excluding hydrogens is 449 g/mol. The standard InChI is InChI=1S/C10H3F15N2O/c1-2-26-4(6(11,12)13,7(14,15)16)3(28)27(2)5(8(17,18)19,9(20,21)22)10(23,24)25/h1H3. The number of carbonyl (C=O) groups is 1. The van der Waals surface area contributed by atoms with Gasteiger partial charge in [-0.15, -0.1) is 0 Å². The summed E-state index contributed by atoms with van der Waals surface area (Å²) >= 11 is 0. The predicted octanol–water partition coefficient (Wildman–Crippen LogP) is 4.54. The van der Waals surface area contributed by atoms with E-state index in [1.165, 1.54) is 4.99 Å². The lowest BCUT2D eigenvalue weighted by atomic mass is 9.90.